The van der Waals surface area contributed by atoms with Crippen molar-refractivity contribution in [3.63, 3.8) is 0 Å². The molecule has 0 aliphatic carbocycles. The first kappa shape index (κ1) is 35.8. The fourth-order valence-corrected chi connectivity index (χ4v) is 9.48. The van der Waals surface area contributed by atoms with Crippen LogP contribution in [-0.2, 0) is 0 Å². The van der Waals surface area contributed by atoms with Crippen LogP contribution in [0.2, 0.25) is 0 Å². The lowest BCUT2D eigenvalue weighted by atomic mass is 10.0. The summed E-state index contributed by atoms with van der Waals surface area (Å²) in [5.74, 6) is 0. The summed E-state index contributed by atoms with van der Waals surface area (Å²) >= 11 is 0. The van der Waals surface area contributed by atoms with Gasteiger partial charge >= 0.3 is 0 Å². The molecule has 0 amide bonds. The molecule has 290 valence electrons. The van der Waals surface area contributed by atoms with Gasteiger partial charge in [-0.3, -0.25) is 0 Å². The number of furan rings is 2. The van der Waals surface area contributed by atoms with Crippen LogP contribution in [0.4, 0.5) is 34.1 Å². The minimum atomic E-state index is 0.818. The van der Waals surface area contributed by atoms with Crippen LogP contribution in [0.25, 0.3) is 65.4 Å². The van der Waals surface area contributed by atoms with Crippen LogP contribution in [0.5, 0.6) is 0 Å². The van der Waals surface area contributed by atoms with Crippen LogP contribution in [0.1, 0.15) is 33.4 Å². The Balaban J connectivity index is 1.05. The molecule has 0 atom stereocenters. The Bertz CT molecular complexity index is 3490. The maximum Gasteiger partial charge on any atom is 0.147 e. The summed E-state index contributed by atoms with van der Waals surface area (Å²) in [5.41, 5.74) is 17.6. The van der Waals surface area contributed by atoms with Gasteiger partial charge < -0.3 is 18.6 Å². The highest BCUT2D eigenvalue weighted by molar-refractivity contribution is 6.24. The lowest BCUT2D eigenvalue weighted by Gasteiger charge is -2.28. The Labute approximate surface area is 349 Å². The molecule has 2 aromatic heterocycles. The van der Waals surface area contributed by atoms with E-state index >= 15 is 0 Å². The zero-order chi connectivity index (χ0) is 40.8. The number of fused-ring (bicyclic) bond motifs is 9. The number of anilines is 6. The Morgan fingerprint density at radius 1 is 0.333 bits per heavy atom. The first-order chi connectivity index (χ1) is 29.1. The van der Waals surface area contributed by atoms with Crippen LogP contribution in [0.15, 0.2) is 167 Å². The van der Waals surface area contributed by atoms with Gasteiger partial charge in [0, 0.05) is 50.3 Å². The summed E-state index contributed by atoms with van der Waals surface area (Å²) in [6.45, 7) is 13.0. The van der Waals surface area contributed by atoms with E-state index in [1.165, 1.54) is 38.8 Å². The fraction of sp³-hybridized carbons (Fsp3) is 0.107. The van der Waals surface area contributed by atoms with E-state index in [-0.39, 0.29) is 0 Å². The molecule has 0 N–H and O–H groups in total. The summed E-state index contributed by atoms with van der Waals surface area (Å²) in [4.78, 5) is 4.74. The highest BCUT2D eigenvalue weighted by atomic mass is 16.3. The van der Waals surface area contributed by atoms with Gasteiger partial charge in [0.05, 0.1) is 5.39 Å². The molecule has 0 spiro atoms. The van der Waals surface area contributed by atoms with E-state index in [0.29, 0.717) is 0 Å². The van der Waals surface area contributed by atoms with Crippen molar-refractivity contribution in [1.29, 1.82) is 0 Å². The van der Waals surface area contributed by atoms with Gasteiger partial charge in [0.25, 0.3) is 0 Å². The van der Waals surface area contributed by atoms with E-state index in [1.807, 2.05) is 0 Å². The number of rotatable bonds is 6. The van der Waals surface area contributed by atoms with E-state index in [0.717, 1.165) is 94.2 Å². The van der Waals surface area contributed by atoms with Crippen LogP contribution < -0.4 is 9.80 Å². The lowest BCUT2D eigenvalue weighted by molar-refractivity contribution is 0.663. The third-order valence-corrected chi connectivity index (χ3v) is 12.1. The molecule has 0 fully saturated rings. The molecule has 9 aromatic carbocycles. The van der Waals surface area contributed by atoms with Gasteiger partial charge in [0.2, 0.25) is 0 Å². The zero-order valence-electron chi connectivity index (χ0n) is 34.7. The minimum absolute atomic E-state index is 0.818. The quantitative estimate of drug-likeness (QED) is 0.168. The molecule has 0 unspecified atom stereocenters. The van der Waals surface area contributed by atoms with Gasteiger partial charge in [-0.2, -0.15) is 0 Å². The van der Waals surface area contributed by atoms with Gasteiger partial charge in [0.15, 0.2) is 0 Å². The zero-order valence-corrected chi connectivity index (χ0v) is 34.7. The molecule has 0 saturated heterocycles. The predicted octanol–water partition coefficient (Wildman–Crippen LogP) is 16.6. The maximum atomic E-state index is 6.87. The second-order valence-electron chi connectivity index (χ2n) is 16.7. The molecule has 0 bridgehead atoms. The summed E-state index contributed by atoms with van der Waals surface area (Å²) in [5, 5.41) is 8.79. The van der Waals surface area contributed by atoms with Crippen molar-refractivity contribution in [3.8, 4) is 0 Å². The van der Waals surface area contributed by atoms with Crippen molar-refractivity contribution in [2.24, 2.45) is 0 Å². The molecule has 0 aliphatic rings. The predicted molar refractivity (Wildman–Crippen MR) is 254 cm³/mol. The molecule has 60 heavy (non-hydrogen) atoms. The third kappa shape index (κ3) is 5.90. The van der Waals surface area contributed by atoms with E-state index in [2.05, 4.69) is 209 Å². The summed E-state index contributed by atoms with van der Waals surface area (Å²) in [6, 6.07) is 57.4. The molecular weight excluding hydrogens is 733 g/mol. The SMILES string of the molecule is Cc1cc(C)cc(N(c2ccc3cc4c(cc3c2)oc2c4ccc3oc4cc5cc(N(c6cc(C)cc(C)c6)c6ccccc6C)ccc5cc4c32)c2ccccc2C)c1. The number of hydrogen-bond acceptors (Lipinski definition) is 4. The van der Waals surface area contributed by atoms with Gasteiger partial charge in [-0.25, -0.2) is 0 Å². The van der Waals surface area contributed by atoms with Gasteiger partial charge in [-0.15, -0.1) is 0 Å². The maximum absolute atomic E-state index is 6.87. The number of benzene rings is 9. The Hall–Kier alpha value is -7.30. The van der Waals surface area contributed by atoms with E-state index < -0.39 is 0 Å². The second kappa shape index (κ2) is 13.6. The highest BCUT2D eigenvalue weighted by Gasteiger charge is 2.21. The number of hydrogen-bond donors (Lipinski definition) is 0. The summed E-state index contributed by atoms with van der Waals surface area (Å²) in [6.07, 6.45) is 0. The molecule has 4 nitrogen and oxygen atoms in total. The smallest absolute Gasteiger partial charge is 0.147 e. The molecule has 0 aliphatic heterocycles. The Morgan fingerprint density at radius 3 is 1.33 bits per heavy atom. The van der Waals surface area contributed by atoms with Crippen LogP contribution in [-0.4, -0.2) is 0 Å². The van der Waals surface area contributed by atoms with Crippen LogP contribution in [0, 0.1) is 41.5 Å². The normalized spacial score (nSPS) is 11.8. The van der Waals surface area contributed by atoms with Crippen LogP contribution >= 0.6 is 0 Å². The average Bonchev–Trinajstić information content (AvgIpc) is 3.77. The van der Waals surface area contributed by atoms with Crippen LogP contribution in [0.3, 0.4) is 0 Å². The average molecular weight is 777 g/mol. The monoisotopic (exact) mass is 776 g/mol. The van der Waals surface area contributed by atoms with Gasteiger partial charge in [-0.05, 0) is 194 Å². The minimum Gasteiger partial charge on any atom is -0.456 e. The van der Waals surface area contributed by atoms with E-state index in [9.17, 15) is 0 Å². The first-order valence-corrected chi connectivity index (χ1v) is 20.7. The molecule has 11 aromatic rings. The summed E-state index contributed by atoms with van der Waals surface area (Å²) in [7, 11) is 0. The first-order valence-electron chi connectivity index (χ1n) is 20.7. The number of aryl methyl sites for hydroxylation is 6. The molecule has 4 heteroatoms. The standard InChI is InChI=1S/C56H44N2O2/c1-33-21-34(2)24-45(23-33)57(50-13-9-7-11-37(50)5)43-17-15-39-29-48-47-19-20-52-55(56(47)60-53(48)31-41(39)27-43)49-30-40-16-18-44(28-42(40)32-54(49)59-52)58(51-14-10-8-12-38(51)6)46-25-35(3)22-36(4)26-46/h7-32H,1-6H3. The van der Waals surface area contributed by atoms with Crippen molar-refractivity contribution in [3.05, 3.63) is 191 Å². The Morgan fingerprint density at radius 2 is 0.817 bits per heavy atom. The second-order valence-corrected chi connectivity index (χ2v) is 16.7. The molecule has 11 rings (SSSR count). The third-order valence-electron chi connectivity index (χ3n) is 12.1. The van der Waals surface area contributed by atoms with Gasteiger partial charge in [0.1, 0.15) is 22.3 Å². The topological polar surface area (TPSA) is 32.8 Å². The highest BCUT2D eigenvalue weighted by Crippen LogP contribution is 2.45. The molecule has 0 saturated carbocycles. The van der Waals surface area contributed by atoms with Crippen molar-refractivity contribution in [1.82, 2.24) is 0 Å². The Kier molecular flexibility index (Phi) is 8.15. The molecule has 2 heterocycles. The van der Waals surface area contributed by atoms with Crippen molar-refractivity contribution in [2.75, 3.05) is 9.80 Å². The molecule has 0 radical (unpaired) electrons. The lowest BCUT2D eigenvalue weighted by Crippen LogP contribution is -2.11. The number of para-hydroxylation sites is 2. The number of nitrogens with zero attached hydrogens (tertiary/aromatic N) is 2. The van der Waals surface area contributed by atoms with E-state index in [4.69, 9.17) is 8.83 Å². The summed E-state index contributed by atoms with van der Waals surface area (Å²) < 4.78 is 13.5. The van der Waals surface area contributed by atoms with Gasteiger partial charge in [-0.1, -0.05) is 60.7 Å². The van der Waals surface area contributed by atoms with Crippen molar-refractivity contribution in [2.45, 2.75) is 41.5 Å². The molecular formula is C56H44N2O2. The largest absolute Gasteiger partial charge is 0.456 e. The van der Waals surface area contributed by atoms with Crippen molar-refractivity contribution < 1.29 is 8.83 Å². The van der Waals surface area contributed by atoms with E-state index in [1.54, 1.807) is 0 Å². The van der Waals surface area contributed by atoms with Crippen molar-refractivity contribution >= 4 is 99.5 Å². The fourth-order valence-electron chi connectivity index (χ4n) is 9.48.